The van der Waals surface area contributed by atoms with Gasteiger partial charge in [-0.1, -0.05) is 54.6 Å². The van der Waals surface area contributed by atoms with Crippen LogP contribution in [0.15, 0.2) is 72.8 Å². The maximum absolute atomic E-state index is 13.0. The molecule has 4 rings (SSSR count). The minimum absolute atomic E-state index is 0.0878. The molecule has 1 aliphatic rings. The zero-order valence-electron chi connectivity index (χ0n) is 17.9. The van der Waals surface area contributed by atoms with Crippen LogP contribution in [0.3, 0.4) is 0 Å². The lowest BCUT2D eigenvalue weighted by atomic mass is 9.95. The van der Waals surface area contributed by atoms with Crippen LogP contribution in [-0.4, -0.2) is 35.5 Å². The second-order valence-electron chi connectivity index (χ2n) is 7.61. The number of carbonyl (C=O) groups excluding carboxylic acids is 3. The van der Waals surface area contributed by atoms with E-state index >= 15 is 0 Å². The Morgan fingerprint density at radius 3 is 2.45 bits per heavy atom. The third-order valence-corrected chi connectivity index (χ3v) is 5.29. The molecule has 8 nitrogen and oxygen atoms in total. The molecule has 3 amide bonds. The third kappa shape index (κ3) is 4.79. The molecule has 0 bridgehead atoms. The molecule has 0 aliphatic carbocycles. The summed E-state index contributed by atoms with van der Waals surface area (Å²) in [6.45, 7) is 1.14. The van der Waals surface area contributed by atoms with Gasteiger partial charge in [-0.3, -0.25) is 14.4 Å². The van der Waals surface area contributed by atoms with Gasteiger partial charge >= 0.3 is 0 Å². The summed E-state index contributed by atoms with van der Waals surface area (Å²) in [7, 11) is 0. The van der Waals surface area contributed by atoms with Crippen molar-refractivity contribution in [1.29, 1.82) is 0 Å². The van der Waals surface area contributed by atoms with Crippen LogP contribution in [0, 0.1) is 0 Å². The second kappa shape index (κ2) is 9.44. The SMILES string of the molecule is C[C@H](NC(=O)COc1ccccc1O)C(=O)NC1C(=O)Nc2ccccc2-c2ccccc21. The smallest absolute Gasteiger partial charge is 0.258 e. The molecule has 1 aliphatic heterocycles. The van der Waals surface area contributed by atoms with E-state index in [1.165, 1.54) is 19.1 Å². The number of aromatic hydroxyl groups is 1. The Balaban J connectivity index is 1.44. The lowest BCUT2D eigenvalue weighted by Gasteiger charge is -2.21. The number of phenolic OH excluding ortho intramolecular Hbond substituents is 1. The van der Waals surface area contributed by atoms with Gasteiger partial charge in [-0.15, -0.1) is 0 Å². The number of benzene rings is 3. The van der Waals surface area contributed by atoms with E-state index in [1.54, 1.807) is 24.3 Å². The maximum atomic E-state index is 13.0. The number of hydrogen-bond donors (Lipinski definition) is 4. The summed E-state index contributed by atoms with van der Waals surface area (Å²) < 4.78 is 5.29. The van der Waals surface area contributed by atoms with Crippen molar-refractivity contribution in [2.24, 2.45) is 0 Å². The first-order valence-electron chi connectivity index (χ1n) is 10.4. The highest BCUT2D eigenvalue weighted by atomic mass is 16.5. The Kier molecular flexibility index (Phi) is 6.26. The summed E-state index contributed by atoms with van der Waals surface area (Å²) in [5, 5.41) is 17.9. The van der Waals surface area contributed by atoms with Gasteiger partial charge in [-0.25, -0.2) is 0 Å². The fourth-order valence-electron chi connectivity index (χ4n) is 3.65. The number of rotatable bonds is 6. The first kappa shape index (κ1) is 21.9. The molecule has 4 N–H and O–H groups in total. The molecule has 168 valence electrons. The minimum atomic E-state index is -0.932. The minimum Gasteiger partial charge on any atom is -0.504 e. The van der Waals surface area contributed by atoms with Crippen LogP contribution in [0.4, 0.5) is 5.69 Å². The number of para-hydroxylation sites is 3. The predicted octanol–water partition coefficient (Wildman–Crippen LogP) is 2.75. The molecule has 1 unspecified atom stereocenters. The fourth-order valence-corrected chi connectivity index (χ4v) is 3.65. The third-order valence-electron chi connectivity index (χ3n) is 5.29. The Morgan fingerprint density at radius 2 is 1.67 bits per heavy atom. The number of fused-ring (bicyclic) bond motifs is 3. The molecular weight excluding hydrogens is 422 g/mol. The van der Waals surface area contributed by atoms with Gasteiger partial charge in [0.25, 0.3) is 11.8 Å². The van der Waals surface area contributed by atoms with E-state index in [0.717, 1.165) is 11.1 Å². The van der Waals surface area contributed by atoms with E-state index in [-0.39, 0.29) is 24.0 Å². The van der Waals surface area contributed by atoms with Crippen molar-refractivity contribution in [1.82, 2.24) is 10.6 Å². The second-order valence-corrected chi connectivity index (χ2v) is 7.61. The van der Waals surface area contributed by atoms with E-state index in [2.05, 4.69) is 16.0 Å². The molecule has 2 atom stereocenters. The first-order valence-corrected chi connectivity index (χ1v) is 10.4. The van der Waals surface area contributed by atoms with Crippen LogP contribution in [0.5, 0.6) is 11.5 Å². The molecule has 0 aromatic heterocycles. The van der Waals surface area contributed by atoms with Crippen LogP contribution in [0.1, 0.15) is 18.5 Å². The van der Waals surface area contributed by atoms with E-state index in [0.29, 0.717) is 11.3 Å². The first-order chi connectivity index (χ1) is 15.9. The summed E-state index contributed by atoms with van der Waals surface area (Å²) in [6, 6.07) is 19.2. The zero-order chi connectivity index (χ0) is 23.4. The summed E-state index contributed by atoms with van der Waals surface area (Å²) >= 11 is 0. The molecule has 33 heavy (non-hydrogen) atoms. The Labute approximate surface area is 190 Å². The van der Waals surface area contributed by atoms with Crippen LogP contribution < -0.4 is 20.7 Å². The van der Waals surface area contributed by atoms with Gasteiger partial charge in [-0.05, 0) is 36.2 Å². The number of hydrogen-bond acceptors (Lipinski definition) is 5. The van der Waals surface area contributed by atoms with Crippen LogP contribution in [0.25, 0.3) is 11.1 Å². The van der Waals surface area contributed by atoms with Crippen molar-refractivity contribution in [3.63, 3.8) is 0 Å². The van der Waals surface area contributed by atoms with Gasteiger partial charge < -0.3 is 25.8 Å². The highest BCUT2D eigenvalue weighted by molar-refractivity contribution is 6.05. The molecular formula is C25H23N3O5. The molecule has 0 spiro atoms. The molecule has 8 heteroatoms. The van der Waals surface area contributed by atoms with Gasteiger partial charge in [0.15, 0.2) is 18.1 Å². The van der Waals surface area contributed by atoms with Gasteiger partial charge in [0.05, 0.1) is 0 Å². The fraction of sp³-hybridized carbons (Fsp3) is 0.160. The van der Waals surface area contributed by atoms with Gasteiger partial charge in [-0.2, -0.15) is 0 Å². The van der Waals surface area contributed by atoms with Crippen LogP contribution in [-0.2, 0) is 14.4 Å². The molecule has 3 aromatic rings. The number of amides is 3. The topological polar surface area (TPSA) is 117 Å². The molecule has 0 saturated heterocycles. The molecule has 0 fully saturated rings. The molecule has 1 heterocycles. The molecule has 0 saturated carbocycles. The number of phenols is 1. The van der Waals surface area contributed by atoms with Crippen molar-refractivity contribution in [3.05, 3.63) is 78.4 Å². The lowest BCUT2D eigenvalue weighted by molar-refractivity contribution is -0.131. The van der Waals surface area contributed by atoms with Gasteiger partial charge in [0.1, 0.15) is 12.1 Å². The van der Waals surface area contributed by atoms with Crippen molar-refractivity contribution >= 4 is 23.4 Å². The molecule has 3 aromatic carbocycles. The predicted molar refractivity (Wildman–Crippen MR) is 123 cm³/mol. The Morgan fingerprint density at radius 1 is 1.00 bits per heavy atom. The Bertz CT molecular complexity index is 1210. The highest BCUT2D eigenvalue weighted by Gasteiger charge is 2.31. The van der Waals surface area contributed by atoms with Crippen molar-refractivity contribution in [3.8, 4) is 22.6 Å². The summed E-state index contributed by atoms with van der Waals surface area (Å²) in [5.74, 6) is -1.36. The van der Waals surface area contributed by atoms with Crippen LogP contribution in [0.2, 0.25) is 0 Å². The lowest BCUT2D eigenvalue weighted by Crippen LogP contribution is -2.48. The summed E-state index contributed by atoms with van der Waals surface area (Å²) in [5.41, 5.74) is 3.02. The van der Waals surface area contributed by atoms with Crippen molar-refractivity contribution in [2.75, 3.05) is 11.9 Å². The zero-order valence-corrected chi connectivity index (χ0v) is 17.9. The molecule has 0 radical (unpaired) electrons. The summed E-state index contributed by atoms with van der Waals surface area (Å²) in [6.07, 6.45) is 0. The van der Waals surface area contributed by atoms with E-state index in [4.69, 9.17) is 4.74 Å². The Hall–Kier alpha value is -4.33. The van der Waals surface area contributed by atoms with E-state index in [1.807, 2.05) is 36.4 Å². The normalized spacial score (nSPS) is 15.2. The quantitative estimate of drug-likeness (QED) is 0.466. The standard InChI is InChI=1S/C25H23N3O5/c1-15(26-22(30)14-33-21-13-7-6-12-20(21)29)24(31)28-23-18-10-3-2-8-16(18)17-9-4-5-11-19(17)27-25(23)32/h2-13,15,23,29H,14H2,1H3,(H,26,30)(H,27,32)(H,28,31)/t15-,23?/m0/s1. The number of nitrogens with one attached hydrogen (secondary N) is 3. The van der Waals surface area contributed by atoms with Crippen molar-refractivity contribution in [2.45, 2.75) is 19.0 Å². The van der Waals surface area contributed by atoms with Crippen molar-refractivity contribution < 1.29 is 24.2 Å². The largest absolute Gasteiger partial charge is 0.504 e. The highest BCUT2D eigenvalue weighted by Crippen LogP contribution is 2.37. The maximum Gasteiger partial charge on any atom is 0.258 e. The number of carbonyl (C=O) groups is 3. The number of ether oxygens (including phenoxy) is 1. The number of anilines is 1. The van der Waals surface area contributed by atoms with Crippen LogP contribution >= 0.6 is 0 Å². The van der Waals surface area contributed by atoms with E-state index in [9.17, 15) is 19.5 Å². The monoisotopic (exact) mass is 445 g/mol. The summed E-state index contributed by atoms with van der Waals surface area (Å²) in [4.78, 5) is 38.0. The average molecular weight is 445 g/mol. The average Bonchev–Trinajstić information content (AvgIpc) is 2.93. The van der Waals surface area contributed by atoms with E-state index < -0.39 is 23.9 Å². The van der Waals surface area contributed by atoms with Gasteiger partial charge in [0, 0.05) is 11.3 Å². The van der Waals surface area contributed by atoms with Gasteiger partial charge in [0.2, 0.25) is 5.91 Å².